The first-order valence-electron chi connectivity index (χ1n) is 7.43. The van der Waals surface area contributed by atoms with Gasteiger partial charge >= 0.3 is 40.0 Å². The number of hydrogen-bond acceptors (Lipinski definition) is 2. The quantitative estimate of drug-likeness (QED) is 0.264. The Bertz CT molecular complexity index is 236. The zero-order valence-electron chi connectivity index (χ0n) is 13.5. The van der Waals surface area contributed by atoms with Crippen LogP contribution in [0, 0.1) is 6.42 Å². The molecule has 0 aromatic rings. The van der Waals surface area contributed by atoms with Gasteiger partial charge in [-0.15, -0.1) is 0 Å². The fraction of sp³-hybridized carbons (Fsp3) is 0.929. The van der Waals surface area contributed by atoms with Gasteiger partial charge < -0.3 is 6.42 Å². The Morgan fingerprint density at radius 2 is 1.15 bits per heavy atom. The molecule has 0 spiro atoms. The van der Waals surface area contributed by atoms with E-state index < -0.39 is 10.4 Å². The largest absolute Gasteiger partial charge is 1.00 e. The standard InChI is InChI=1S/C14H29.Na.H2O4S/c1-3-5-7-9-11-13-14-12-10-8-6-4-2;;1-5(2,3)4/h5H,3-4,6-14H2,1-2H3;;(H2,1,2,3,4)/q-1;+1;. The van der Waals surface area contributed by atoms with E-state index in [2.05, 4.69) is 20.3 Å². The fourth-order valence-corrected chi connectivity index (χ4v) is 1.80. The molecule has 0 rings (SSSR count). The second kappa shape index (κ2) is 19.9. The summed E-state index contributed by atoms with van der Waals surface area (Å²) in [7, 11) is -4.67. The molecule has 0 radical (unpaired) electrons. The van der Waals surface area contributed by atoms with Gasteiger partial charge in [0.15, 0.2) is 0 Å². The normalized spacial score (nSPS) is 10.4. The fourth-order valence-electron chi connectivity index (χ4n) is 1.80. The monoisotopic (exact) mass is 318 g/mol. The van der Waals surface area contributed by atoms with E-state index in [4.69, 9.17) is 17.5 Å². The van der Waals surface area contributed by atoms with Crippen molar-refractivity contribution in [3.63, 3.8) is 0 Å². The first kappa shape index (κ1) is 25.8. The molecule has 4 nitrogen and oxygen atoms in total. The Balaban J connectivity index is -0.000000414. The first-order chi connectivity index (χ1) is 8.91. The van der Waals surface area contributed by atoms with Crippen molar-refractivity contribution in [3.8, 4) is 0 Å². The van der Waals surface area contributed by atoms with Crippen molar-refractivity contribution in [3.05, 3.63) is 6.42 Å². The summed E-state index contributed by atoms with van der Waals surface area (Å²) in [4.78, 5) is 0. The SMILES string of the molecule is CC[CH-]CCCCCCCCCCC.O=S(=O)(O)O.[Na+]. The van der Waals surface area contributed by atoms with Crippen LogP contribution in [0.2, 0.25) is 0 Å². The molecule has 0 heterocycles. The van der Waals surface area contributed by atoms with Gasteiger partial charge in [0.2, 0.25) is 0 Å². The average molecular weight is 318 g/mol. The summed E-state index contributed by atoms with van der Waals surface area (Å²) in [6.07, 6.45) is 18.0. The van der Waals surface area contributed by atoms with E-state index in [0.29, 0.717) is 0 Å². The van der Waals surface area contributed by atoms with Gasteiger partial charge in [0, 0.05) is 0 Å². The second-order valence-electron chi connectivity index (χ2n) is 4.76. The molecule has 0 atom stereocenters. The average Bonchev–Trinajstić information content (AvgIpc) is 2.29. The van der Waals surface area contributed by atoms with Crippen LogP contribution in [-0.2, 0) is 10.4 Å². The molecular formula is C14H31NaO4S. The molecule has 6 heteroatoms. The van der Waals surface area contributed by atoms with E-state index in [1.807, 2.05) is 0 Å². The number of hydrogen-bond donors (Lipinski definition) is 2. The van der Waals surface area contributed by atoms with E-state index in [1.165, 1.54) is 70.6 Å². The maximum atomic E-state index is 8.74. The van der Waals surface area contributed by atoms with E-state index in [9.17, 15) is 0 Å². The third kappa shape index (κ3) is 42.8. The van der Waals surface area contributed by atoms with Gasteiger partial charge in [-0.25, -0.2) is 0 Å². The van der Waals surface area contributed by atoms with Crippen molar-refractivity contribution in [1.29, 1.82) is 0 Å². The molecule has 0 aromatic heterocycles. The van der Waals surface area contributed by atoms with Gasteiger partial charge in [-0.3, -0.25) is 9.11 Å². The van der Waals surface area contributed by atoms with Gasteiger partial charge in [-0.2, -0.15) is 21.3 Å². The Hall–Kier alpha value is 0.870. The Labute approximate surface area is 148 Å². The van der Waals surface area contributed by atoms with Crippen LogP contribution in [0.25, 0.3) is 0 Å². The maximum Gasteiger partial charge on any atom is 1.00 e. The van der Waals surface area contributed by atoms with Crippen LogP contribution in [0.4, 0.5) is 0 Å². The Kier molecular flexibility index (Phi) is 25.6. The zero-order chi connectivity index (χ0) is 15.0. The van der Waals surface area contributed by atoms with Crippen LogP contribution < -0.4 is 29.6 Å². The van der Waals surface area contributed by atoms with Crippen molar-refractivity contribution >= 4 is 10.4 Å². The Morgan fingerprint density at radius 3 is 1.50 bits per heavy atom. The predicted octanol–water partition coefficient (Wildman–Crippen LogP) is 1.87. The topological polar surface area (TPSA) is 74.6 Å². The zero-order valence-corrected chi connectivity index (χ0v) is 16.3. The summed E-state index contributed by atoms with van der Waals surface area (Å²) in [5, 5.41) is 0. The van der Waals surface area contributed by atoms with E-state index in [0.717, 1.165) is 0 Å². The third-order valence-electron chi connectivity index (χ3n) is 2.80. The van der Waals surface area contributed by atoms with Crippen molar-refractivity contribution < 1.29 is 47.1 Å². The summed E-state index contributed by atoms with van der Waals surface area (Å²) in [5.41, 5.74) is 0. The minimum absolute atomic E-state index is 0. The first-order valence-corrected chi connectivity index (χ1v) is 8.83. The molecule has 0 aromatic carbocycles. The number of unbranched alkanes of at least 4 members (excludes halogenated alkanes) is 11. The van der Waals surface area contributed by atoms with Crippen LogP contribution in [0.15, 0.2) is 0 Å². The maximum absolute atomic E-state index is 8.74. The van der Waals surface area contributed by atoms with E-state index in [-0.39, 0.29) is 29.6 Å². The summed E-state index contributed by atoms with van der Waals surface area (Å²) < 4.78 is 31.6. The molecule has 0 saturated heterocycles. The Morgan fingerprint density at radius 1 is 0.800 bits per heavy atom. The molecule has 20 heavy (non-hydrogen) atoms. The van der Waals surface area contributed by atoms with Crippen LogP contribution in [0.5, 0.6) is 0 Å². The van der Waals surface area contributed by atoms with Crippen molar-refractivity contribution in [2.75, 3.05) is 0 Å². The molecule has 118 valence electrons. The third-order valence-corrected chi connectivity index (χ3v) is 2.80. The second-order valence-corrected chi connectivity index (χ2v) is 5.66. The van der Waals surface area contributed by atoms with Crippen LogP contribution >= 0.6 is 0 Å². The minimum atomic E-state index is -4.67. The minimum Gasteiger partial charge on any atom is -0.329 e. The van der Waals surface area contributed by atoms with Crippen molar-refractivity contribution in [2.45, 2.75) is 84.5 Å². The summed E-state index contributed by atoms with van der Waals surface area (Å²) in [6.45, 7) is 4.51. The molecule has 0 fully saturated rings. The van der Waals surface area contributed by atoms with Crippen LogP contribution in [0.3, 0.4) is 0 Å². The molecular weight excluding hydrogens is 287 g/mol. The predicted molar refractivity (Wildman–Crippen MR) is 80.6 cm³/mol. The molecule has 0 saturated carbocycles. The van der Waals surface area contributed by atoms with Crippen LogP contribution in [-0.4, -0.2) is 17.5 Å². The van der Waals surface area contributed by atoms with Crippen molar-refractivity contribution in [1.82, 2.24) is 0 Å². The molecule has 0 aliphatic heterocycles. The summed E-state index contributed by atoms with van der Waals surface area (Å²) in [6, 6.07) is 0. The molecule has 0 aliphatic carbocycles. The molecule has 0 bridgehead atoms. The smallest absolute Gasteiger partial charge is 0.329 e. The molecule has 0 aliphatic rings. The van der Waals surface area contributed by atoms with Crippen molar-refractivity contribution in [2.24, 2.45) is 0 Å². The molecule has 2 N–H and O–H groups in total. The van der Waals surface area contributed by atoms with E-state index >= 15 is 0 Å². The molecule has 0 unspecified atom stereocenters. The van der Waals surface area contributed by atoms with Gasteiger partial charge in [0.1, 0.15) is 0 Å². The van der Waals surface area contributed by atoms with Gasteiger partial charge in [-0.1, -0.05) is 71.6 Å². The summed E-state index contributed by atoms with van der Waals surface area (Å²) in [5.74, 6) is 0. The number of rotatable bonds is 11. The van der Waals surface area contributed by atoms with Gasteiger partial charge in [0.25, 0.3) is 0 Å². The molecule has 0 amide bonds. The van der Waals surface area contributed by atoms with Gasteiger partial charge in [-0.05, 0) is 0 Å². The van der Waals surface area contributed by atoms with Crippen LogP contribution in [0.1, 0.15) is 84.5 Å². The van der Waals surface area contributed by atoms with E-state index in [1.54, 1.807) is 0 Å². The summed E-state index contributed by atoms with van der Waals surface area (Å²) >= 11 is 0. The van der Waals surface area contributed by atoms with Gasteiger partial charge in [0.05, 0.1) is 0 Å².